The normalized spacial score (nSPS) is 12.8. The lowest BCUT2D eigenvalue weighted by molar-refractivity contribution is 0.0786. The molecule has 0 spiro atoms. The van der Waals surface area contributed by atoms with Gasteiger partial charge in [0.15, 0.2) is 0 Å². The molecule has 0 fully saturated rings. The van der Waals surface area contributed by atoms with E-state index in [1.165, 1.54) is 16.7 Å². The van der Waals surface area contributed by atoms with Crippen LogP contribution in [0.3, 0.4) is 0 Å². The Labute approximate surface area is 191 Å². The average Bonchev–Trinajstić information content (AvgIpc) is 2.64. The lowest BCUT2D eigenvalue weighted by atomic mass is 9.72. The summed E-state index contributed by atoms with van der Waals surface area (Å²) in [6.07, 6.45) is 3.26. The Morgan fingerprint density at radius 2 is 1.45 bits per heavy atom. The van der Waals surface area contributed by atoms with E-state index in [1.54, 1.807) is 0 Å². The number of hydrogen-bond donors (Lipinski definition) is 0. The second kappa shape index (κ2) is 10.7. The maximum atomic E-state index is 6.01. The highest BCUT2D eigenvalue weighted by molar-refractivity contribution is 5.39. The summed E-state index contributed by atoms with van der Waals surface area (Å²) in [5.41, 5.74) is 4.65. The molecular formula is C29H44O2. The van der Waals surface area contributed by atoms with E-state index >= 15 is 0 Å². The number of hydrogen-bond acceptors (Lipinski definition) is 2. The van der Waals surface area contributed by atoms with Crippen LogP contribution >= 0.6 is 0 Å². The zero-order valence-corrected chi connectivity index (χ0v) is 21.2. The predicted molar refractivity (Wildman–Crippen MR) is 133 cm³/mol. The van der Waals surface area contributed by atoms with Gasteiger partial charge in [0, 0.05) is 6.61 Å². The molecule has 2 aromatic rings. The maximum absolute atomic E-state index is 6.01. The Balaban J connectivity index is 1.75. The van der Waals surface area contributed by atoms with Gasteiger partial charge in [0.05, 0.1) is 6.61 Å². The van der Waals surface area contributed by atoms with E-state index in [2.05, 4.69) is 104 Å². The van der Waals surface area contributed by atoms with Crippen LogP contribution in [0.25, 0.3) is 0 Å². The molecule has 0 unspecified atom stereocenters. The summed E-state index contributed by atoms with van der Waals surface area (Å²) < 4.78 is 11.9. The minimum absolute atomic E-state index is 0.150. The first-order valence-corrected chi connectivity index (χ1v) is 11.7. The third kappa shape index (κ3) is 9.07. The summed E-state index contributed by atoms with van der Waals surface area (Å²) in [6.45, 7) is 20.3. The van der Waals surface area contributed by atoms with Crippen molar-refractivity contribution in [3.05, 3.63) is 65.2 Å². The molecule has 2 rings (SSSR count). The van der Waals surface area contributed by atoms with Gasteiger partial charge in [-0.15, -0.1) is 0 Å². The van der Waals surface area contributed by atoms with Crippen molar-refractivity contribution in [3.8, 4) is 5.75 Å². The fraction of sp³-hybridized carbons (Fsp3) is 0.586. The number of benzene rings is 2. The Morgan fingerprint density at radius 3 is 2.06 bits per heavy atom. The quantitative estimate of drug-likeness (QED) is 0.343. The third-order valence-electron chi connectivity index (χ3n) is 5.86. The zero-order valence-electron chi connectivity index (χ0n) is 21.2. The SMILES string of the molecule is Cc1cc(C(C)(C)CC(C)(C)C)ccc1OCCOCCC(C)(C)Cc1ccccc1. The summed E-state index contributed by atoms with van der Waals surface area (Å²) in [4.78, 5) is 0. The molecule has 0 atom stereocenters. The molecule has 0 heterocycles. The van der Waals surface area contributed by atoms with E-state index in [-0.39, 0.29) is 10.8 Å². The van der Waals surface area contributed by atoms with Gasteiger partial charge in [-0.05, 0) is 65.2 Å². The standard InChI is InChI=1S/C29H44O2/c1-23-20-25(29(7,8)22-27(2,3)4)14-15-26(23)31-19-18-30-17-16-28(5,6)21-24-12-10-9-11-13-24/h9-15,20H,16-19,21-22H2,1-8H3. The summed E-state index contributed by atoms with van der Waals surface area (Å²) in [6, 6.07) is 17.3. The molecule has 0 saturated carbocycles. The molecular weight excluding hydrogens is 380 g/mol. The first kappa shape index (κ1) is 25.5. The van der Waals surface area contributed by atoms with Crippen molar-refractivity contribution in [3.63, 3.8) is 0 Å². The molecule has 0 aromatic heterocycles. The van der Waals surface area contributed by atoms with Crippen LogP contribution < -0.4 is 4.74 Å². The van der Waals surface area contributed by atoms with Gasteiger partial charge in [-0.2, -0.15) is 0 Å². The topological polar surface area (TPSA) is 18.5 Å². The number of rotatable bonds is 11. The van der Waals surface area contributed by atoms with Gasteiger partial charge >= 0.3 is 0 Å². The summed E-state index contributed by atoms with van der Waals surface area (Å²) in [5.74, 6) is 0.961. The molecule has 0 amide bonds. The maximum Gasteiger partial charge on any atom is 0.122 e. The average molecular weight is 425 g/mol. The van der Waals surface area contributed by atoms with Crippen LogP contribution in [0.1, 0.15) is 78.0 Å². The molecule has 0 radical (unpaired) electrons. The van der Waals surface area contributed by atoms with Crippen LogP contribution in [0.2, 0.25) is 0 Å². The van der Waals surface area contributed by atoms with E-state index in [0.717, 1.165) is 31.6 Å². The van der Waals surface area contributed by atoms with E-state index in [0.29, 0.717) is 18.6 Å². The summed E-state index contributed by atoms with van der Waals surface area (Å²) in [7, 11) is 0. The van der Waals surface area contributed by atoms with E-state index in [4.69, 9.17) is 9.47 Å². The van der Waals surface area contributed by atoms with Crippen LogP contribution in [0.15, 0.2) is 48.5 Å². The largest absolute Gasteiger partial charge is 0.491 e. The van der Waals surface area contributed by atoms with Gasteiger partial charge in [0.2, 0.25) is 0 Å². The van der Waals surface area contributed by atoms with Crippen molar-refractivity contribution in [1.82, 2.24) is 0 Å². The van der Waals surface area contributed by atoms with Crippen LogP contribution in [0.4, 0.5) is 0 Å². The molecule has 2 aromatic carbocycles. The lowest BCUT2D eigenvalue weighted by Crippen LogP contribution is -2.25. The number of ether oxygens (including phenoxy) is 2. The van der Waals surface area contributed by atoms with Crippen molar-refractivity contribution in [2.75, 3.05) is 19.8 Å². The Bertz CT molecular complexity index is 797. The van der Waals surface area contributed by atoms with Gasteiger partial charge in [-0.1, -0.05) is 90.9 Å². The lowest BCUT2D eigenvalue weighted by Gasteiger charge is -2.33. The molecule has 0 saturated heterocycles. The Kier molecular flexibility index (Phi) is 8.77. The molecule has 0 aliphatic heterocycles. The molecule has 2 nitrogen and oxygen atoms in total. The highest BCUT2D eigenvalue weighted by Crippen LogP contribution is 2.37. The fourth-order valence-electron chi connectivity index (χ4n) is 4.56. The van der Waals surface area contributed by atoms with Gasteiger partial charge in [0.1, 0.15) is 12.4 Å². The highest BCUT2D eigenvalue weighted by atomic mass is 16.5. The van der Waals surface area contributed by atoms with Gasteiger partial charge in [-0.25, -0.2) is 0 Å². The molecule has 31 heavy (non-hydrogen) atoms. The molecule has 0 N–H and O–H groups in total. The van der Waals surface area contributed by atoms with Gasteiger partial charge < -0.3 is 9.47 Å². The van der Waals surface area contributed by atoms with E-state index < -0.39 is 0 Å². The van der Waals surface area contributed by atoms with Crippen molar-refractivity contribution < 1.29 is 9.47 Å². The van der Waals surface area contributed by atoms with Crippen molar-refractivity contribution in [2.45, 2.75) is 80.1 Å². The minimum atomic E-state index is 0.150. The van der Waals surface area contributed by atoms with Crippen molar-refractivity contribution in [1.29, 1.82) is 0 Å². The van der Waals surface area contributed by atoms with E-state index in [9.17, 15) is 0 Å². The molecule has 172 valence electrons. The van der Waals surface area contributed by atoms with Crippen LogP contribution in [0, 0.1) is 17.8 Å². The third-order valence-corrected chi connectivity index (χ3v) is 5.86. The minimum Gasteiger partial charge on any atom is -0.491 e. The monoisotopic (exact) mass is 424 g/mol. The molecule has 2 heteroatoms. The van der Waals surface area contributed by atoms with E-state index in [1.807, 2.05) is 0 Å². The first-order valence-electron chi connectivity index (χ1n) is 11.7. The Hall–Kier alpha value is -1.80. The highest BCUT2D eigenvalue weighted by Gasteiger charge is 2.27. The predicted octanol–water partition coefficient (Wildman–Crippen LogP) is 7.76. The van der Waals surface area contributed by atoms with Gasteiger partial charge in [-0.3, -0.25) is 0 Å². The van der Waals surface area contributed by atoms with Crippen LogP contribution in [0.5, 0.6) is 5.75 Å². The smallest absolute Gasteiger partial charge is 0.122 e. The fourth-order valence-corrected chi connectivity index (χ4v) is 4.56. The van der Waals surface area contributed by atoms with Crippen molar-refractivity contribution >= 4 is 0 Å². The van der Waals surface area contributed by atoms with Crippen LogP contribution in [-0.2, 0) is 16.6 Å². The zero-order chi connectivity index (χ0) is 23.1. The molecule has 0 aliphatic carbocycles. The molecule has 0 bridgehead atoms. The molecule has 0 aliphatic rings. The van der Waals surface area contributed by atoms with Gasteiger partial charge in [0.25, 0.3) is 0 Å². The summed E-state index contributed by atoms with van der Waals surface area (Å²) >= 11 is 0. The first-order chi connectivity index (χ1) is 14.4. The Morgan fingerprint density at radius 1 is 0.774 bits per heavy atom. The second-order valence-corrected chi connectivity index (χ2v) is 11.6. The van der Waals surface area contributed by atoms with Crippen LogP contribution in [-0.4, -0.2) is 19.8 Å². The number of aryl methyl sites for hydroxylation is 1. The van der Waals surface area contributed by atoms with Crippen molar-refractivity contribution in [2.24, 2.45) is 10.8 Å². The summed E-state index contributed by atoms with van der Waals surface area (Å²) in [5, 5.41) is 0. The second-order valence-electron chi connectivity index (χ2n) is 11.6.